The molecule has 0 amide bonds. The summed E-state index contributed by atoms with van der Waals surface area (Å²) in [6.07, 6.45) is 4.58. The summed E-state index contributed by atoms with van der Waals surface area (Å²) in [7, 11) is 0. The molecule has 0 bridgehead atoms. The number of nitrogens with zero attached hydrogens (tertiary/aromatic N) is 1. The van der Waals surface area contributed by atoms with Crippen molar-refractivity contribution in [1.29, 1.82) is 0 Å². The first-order chi connectivity index (χ1) is 7.38. The van der Waals surface area contributed by atoms with Gasteiger partial charge in [-0.1, -0.05) is 0 Å². The van der Waals surface area contributed by atoms with Gasteiger partial charge in [0, 0.05) is 32.8 Å². The molecule has 0 aromatic heterocycles. The SMILES string of the molecule is CCOC1CC(CCN2CCNCC2)C1. The van der Waals surface area contributed by atoms with Gasteiger partial charge in [-0.3, -0.25) is 0 Å². The van der Waals surface area contributed by atoms with Crippen LogP contribution < -0.4 is 5.32 Å². The molecule has 2 rings (SSSR count). The maximum atomic E-state index is 5.58. The maximum absolute atomic E-state index is 5.58. The van der Waals surface area contributed by atoms with E-state index in [9.17, 15) is 0 Å². The third-order valence-corrected chi connectivity index (χ3v) is 3.66. The summed E-state index contributed by atoms with van der Waals surface area (Å²) in [6, 6.07) is 0. The third kappa shape index (κ3) is 3.44. The first-order valence-electron chi connectivity index (χ1n) is 6.43. The molecule has 15 heavy (non-hydrogen) atoms. The van der Waals surface area contributed by atoms with Crippen LogP contribution in [0, 0.1) is 5.92 Å². The third-order valence-electron chi connectivity index (χ3n) is 3.66. The van der Waals surface area contributed by atoms with Crippen molar-refractivity contribution in [2.24, 2.45) is 5.92 Å². The zero-order valence-corrected chi connectivity index (χ0v) is 9.87. The predicted octanol–water partition coefficient (Wildman–Crippen LogP) is 1.10. The fourth-order valence-corrected chi connectivity index (χ4v) is 2.58. The Labute approximate surface area is 93.2 Å². The van der Waals surface area contributed by atoms with Gasteiger partial charge in [0.15, 0.2) is 0 Å². The lowest BCUT2D eigenvalue weighted by Crippen LogP contribution is -2.44. The molecule has 0 radical (unpaired) electrons. The van der Waals surface area contributed by atoms with E-state index in [1.165, 1.54) is 52.0 Å². The molecule has 0 aromatic carbocycles. The quantitative estimate of drug-likeness (QED) is 0.738. The van der Waals surface area contributed by atoms with Gasteiger partial charge in [0.25, 0.3) is 0 Å². The summed E-state index contributed by atoms with van der Waals surface area (Å²) in [5.74, 6) is 0.941. The smallest absolute Gasteiger partial charge is 0.0580 e. The Morgan fingerprint density at radius 1 is 1.27 bits per heavy atom. The van der Waals surface area contributed by atoms with E-state index in [2.05, 4.69) is 17.1 Å². The average molecular weight is 212 g/mol. The van der Waals surface area contributed by atoms with Gasteiger partial charge in [-0.2, -0.15) is 0 Å². The second kappa shape index (κ2) is 5.83. The minimum Gasteiger partial charge on any atom is -0.378 e. The van der Waals surface area contributed by atoms with Crippen molar-refractivity contribution in [3.05, 3.63) is 0 Å². The van der Waals surface area contributed by atoms with Crippen molar-refractivity contribution >= 4 is 0 Å². The molecule has 1 aliphatic carbocycles. The Morgan fingerprint density at radius 2 is 2.00 bits per heavy atom. The van der Waals surface area contributed by atoms with Gasteiger partial charge in [0.05, 0.1) is 6.10 Å². The van der Waals surface area contributed by atoms with E-state index in [-0.39, 0.29) is 0 Å². The molecule has 2 fully saturated rings. The van der Waals surface area contributed by atoms with Crippen LogP contribution in [0.1, 0.15) is 26.2 Å². The first kappa shape index (κ1) is 11.4. The van der Waals surface area contributed by atoms with Crippen molar-refractivity contribution in [3.8, 4) is 0 Å². The lowest BCUT2D eigenvalue weighted by molar-refractivity contribution is -0.0288. The molecule has 88 valence electrons. The molecule has 0 atom stereocenters. The lowest BCUT2D eigenvalue weighted by atomic mass is 9.80. The summed E-state index contributed by atoms with van der Waals surface area (Å²) in [5.41, 5.74) is 0. The number of hydrogen-bond acceptors (Lipinski definition) is 3. The number of ether oxygens (including phenoxy) is 1. The molecule has 1 aliphatic heterocycles. The monoisotopic (exact) mass is 212 g/mol. The van der Waals surface area contributed by atoms with E-state index in [1.54, 1.807) is 0 Å². The Hall–Kier alpha value is -0.120. The highest BCUT2D eigenvalue weighted by atomic mass is 16.5. The van der Waals surface area contributed by atoms with Crippen molar-refractivity contribution < 1.29 is 4.74 Å². The van der Waals surface area contributed by atoms with Crippen LogP contribution in [0.25, 0.3) is 0 Å². The van der Waals surface area contributed by atoms with Gasteiger partial charge < -0.3 is 15.0 Å². The molecule has 1 N–H and O–H groups in total. The van der Waals surface area contributed by atoms with Crippen LogP contribution in [0.2, 0.25) is 0 Å². The van der Waals surface area contributed by atoms with Crippen LogP contribution in [0.5, 0.6) is 0 Å². The normalized spacial score (nSPS) is 32.6. The molecule has 0 aromatic rings. The highest BCUT2D eigenvalue weighted by Gasteiger charge is 2.29. The Kier molecular flexibility index (Phi) is 4.42. The van der Waals surface area contributed by atoms with E-state index in [4.69, 9.17) is 4.74 Å². The molecule has 0 unspecified atom stereocenters. The van der Waals surface area contributed by atoms with Gasteiger partial charge in [0.2, 0.25) is 0 Å². The maximum Gasteiger partial charge on any atom is 0.0580 e. The van der Waals surface area contributed by atoms with Gasteiger partial charge in [0.1, 0.15) is 0 Å². The second-order valence-corrected chi connectivity index (χ2v) is 4.80. The highest BCUT2D eigenvalue weighted by molar-refractivity contribution is 4.81. The van der Waals surface area contributed by atoms with Crippen LogP contribution in [0.3, 0.4) is 0 Å². The van der Waals surface area contributed by atoms with Crippen LogP contribution in [-0.2, 0) is 4.74 Å². The van der Waals surface area contributed by atoms with Gasteiger partial charge in [-0.15, -0.1) is 0 Å². The summed E-state index contributed by atoms with van der Waals surface area (Å²) in [6.45, 7) is 9.09. The summed E-state index contributed by atoms with van der Waals surface area (Å²) >= 11 is 0. The van der Waals surface area contributed by atoms with Crippen LogP contribution in [0.4, 0.5) is 0 Å². The molecule has 1 saturated carbocycles. The van der Waals surface area contributed by atoms with Crippen molar-refractivity contribution in [3.63, 3.8) is 0 Å². The molecule has 3 nitrogen and oxygen atoms in total. The largest absolute Gasteiger partial charge is 0.378 e. The van der Waals surface area contributed by atoms with Crippen LogP contribution >= 0.6 is 0 Å². The fraction of sp³-hybridized carbons (Fsp3) is 1.00. The molecule has 1 heterocycles. The minimum atomic E-state index is 0.586. The van der Waals surface area contributed by atoms with E-state index in [1.807, 2.05) is 0 Å². The van der Waals surface area contributed by atoms with Gasteiger partial charge in [-0.25, -0.2) is 0 Å². The molecular weight excluding hydrogens is 188 g/mol. The van der Waals surface area contributed by atoms with E-state index in [0.29, 0.717) is 6.10 Å². The number of hydrogen-bond donors (Lipinski definition) is 1. The van der Waals surface area contributed by atoms with Gasteiger partial charge >= 0.3 is 0 Å². The Morgan fingerprint density at radius 3 is 2.67 bits per heavy atom. The predicted molar refractivity (Wildman–Crippen MR) is 62.1 cm³/mol. The first-order valence-corrected chi connectivity index (χ1v) is 6.43. The summed E-state index contributed by atoms with van der Waals surface area (Å²) in [4.78, 5) is 2.59. The molecule has 1 saturated heterocycles. The van der Waals surface area contributed by atoms with Crippen molar-refractivity contribution in [2.75, 3.05) is 39.3 Å². The van der Waals surface area contributed by atoms with E-state index >= 15 is 0 Å². The minimum absolute atomic E-state index is 0.586. The standard InChI is InChI=1S/C12H24N2O/c1-2-15-12-9-11(10-12)3-6-14-7-4-13-5-8-14/h11-13H,2-10H2,1H3. The topological polar surface area (TPSA) is 24.5 Å². The molecule has 3 heteroatoms. The van der Waals surface area contributed by atoms with Crippen LogP contribution in [0.15, 0.2) is 0 Å². The van der Waals surface area contributed by atoms with Gasteiger partial charge in [-0.05, 0) is 38.6 Å². The molecule has 2 aliphatic rings. The highest BCUT2D eigenvalue weighted by Crippen LogP contribution is 2.32. The zero-order valence-electron chi connectivity index (χ0n) is 9.87. The Balaban J connectivity index is 1.52. The number of piperazine rings is 1. The number of nitrogens with one attached hydrogen (secondary N) is 1. The second-order valence-electron chi connectivity index (χ2n) is 4.80. The lowest BCUT2D eigenvalue weighted by Gasteiger charge is -2.37. The molecule has 0 spiro atoms. The van der Waals surface area contributed by atoms with E-state index in [0.717, 1.165) is 12.5 Å². The number of rotatable bonds is 5. The fourth-order valence-electron chi connectivity index (χ4n) is 2.58. The summed E-state index contributed by atoms with van der Waals surface area (Å²) < 4.78 is 5.58. The molecular formula is C12H24N2O. The van der Waals surface area contributed by atoms with E-state index < -0.39 is 0 Å². The average Bonchev–Trinajstić information content (AvgIpc) is 2.23. The van der Waals surface area contributed by atoms with Crippen molar-refractivity contribution in [2.45, 2.75) is 32.3 Å². The van der Waals surface area contributed by atoms with Crippen molar-refractivity contribution in [1.82, 2.24) is 10.2 Å². The Bertz CT molecular complexity index is 174. The van der Waals surface area contributed by atoms with Crippen LogP contribution in [-0.4, -0.2) is 50.3 Å². The zero-order chi connectivity index (χ0) is 10.5. The summed E-state index contributed by atoms with van der Waals surface area (Å²) in [5, 5.41) is 3.39.